The Balaban J connectivity index is 1.26. The second-order valence-corrected chi connectivity index (χ2v) is 8.93. The molecule has 2 aromatic carbocycles. The third-order valence-corrected chi connectivity index (χ3v) is 6.71. The minimum atomic E-state index is 0.793. The van der Waals surface area contributed by atoms with Crippen molar-refractivity contribution in [2.75, 3.05) is 18.9 Å². The Kier molecular flexibility index (Phi) is 6.96. The fourth-order valence-electron chi connectivity index (χ4n) is 4.18. The van der Waals surface area contributed by atoms with Crippen LogP contribution in [0.4, 0.5) is 5.69 Å². The average molecular weight is 406 g/mol. The van der Waals surface area contributed by atoms with E-state index < -0.39 is 0 Å². The number of hydrogen-bond donors (Lipinski definition) is 2. The van der Waals surface area contributed by atoms with E-state index >= 15 is 0 Å². The molecule has 0 saturated heterocycles. The van der Waals surface area contributed by atoms with Gasteiger partial charge < -0.3 is 10.6 Å². The highest BCUT2D eigenvalue weighted by atomic mass is 32.1. The molecule has 29 heavy (non-hydrogen) atoms. The van der Waals surface area contributed by atoms with E-state index in [1.54, 1.807) is 11.3 Å². The van der Waals surface area contributed by atoms with Crippen LogP contribution in [0.1, 0.15) is 54.2 Å². The van der Waals surface area contributed by atoms with Gasteiger partial charge in [-0.1, -0.05) is 55.7 Å². The molecule has 4 rings (SSSR count). The maximum absolute atomic E-state index is 4.68. The van der Waals surface area contributed by atoms with E-state index in [1.807, 2.05) is 7.05 Å². The van der Waals surface area contributed by atoms with Gasteiger partial charge in [-0.05, 0) is 55.5 Å². The minimum absolute atomic E-state index is 0.793. The Labute approximate surface area is 178 Å². The fourth-order valence-corrected chi connectivity index (χ4v) is 4.99. The zero-order chi connectivity index (χ0) is 19.9. The van der Waals surface area contributed by atoms with Crippen molar-refractivity contribution < 1.29 is 0 Å². The predicted molar refractivity (Wildman–Crippen MR) is 125 cm³/mol. The second kappa shape index (κ2) is 10.0. The Bertz CT molecular complexity index is 877. The largest absolute Gasteiger partial charge is 0.385 e. The van der Waals surface area contributed by atoms with Gasteiger partial charge >= 0.3 is 0 Å². The Morgan fingerprint density at radius 1 is 0.966 bits per heavy atom. The van der Waals surface area contributed by atoms with Crippen molar-refractivity contribution in [2.24, 2.45) is 0 Å². The molecule has 1 aliphatic carbocycles. The summed E-state index contributed by atoms with van der Waals surface area (Å²) in [5.41, 5.74) is 6.35. The van der Waals surface area contributed by atoms with Crippen molar-refractivity contribution >= 4 is 17.0 Å². The molecular weight excluding hydrogens is 374 g/mol. The van der Waals surface area contributed by atoms with Gasteiger partial charge in [0, 0.05) is 29.7 Å². The molecule has 0 amide bonds. The van der Waals surface area contributed by atoms with Gasteiger partial charge in [-0.3, -0.25) is 0 Å². The number of rotatable bonds is 8. The molecule has 0 aliphatic heterocycles. The van der Waals surface area contributed by atoms with Crippen molar-refractivity contribution in [3.8, 4) is 11.3 Å². The van der Waals surface area contributed by atoms with Gasteiger partial charge in [0.1, 0.15) is 5.01 Å². The zero-order valence-electron chi connectivity index (χ0n) is 17.3. The molecule has 0 radical (unpaired) electrons. The fraction of sp³-hybridized carbons (Fsp3) is 0.400. The summed E-state index contributed by atoms with van der Waals surface area (Å²) in [6.07, 6.45) is 8.00. The van der Waals surface area contributed by atoms with E-state index in [1.165, 1.54) is 54.5 Å². The smallest absolute Gasteiger partial charge is 0.107 e. The predicted octanol–water partition coefficient (Wildman–Crippen LogP) is 6.23. The summed E-state index contributed by atoms with van der Waals surface area (Å²) in [5.74, 6) is 0.793. The van der Waals surface area contributed by atoms with Gasteiger partial charge in [0.25, 0.3) is 0 Å². The molecule has 0 atom stereocenters. The number of nitrogens with one attached hydrogen (secondary N) is 2. The molecule has 3 aromatic rings. The summed E-state index contributed by atoms with van der Waals surface area (Å²) in [6.45, 7) is 1.77. The topological polar surface area (TPSA) is 37.0 Å². The summed E-state index contributed by atoms with van der Waals surface area (Å²) in [4.78, 5) is 4.68. The third-order valence-electron chi connectivity index (χ3n) is 5.86. The standard InChI is InChI=1S/C25H31N3S/c1-26-17-25-28-24(18-29-25)22-11-13-23(14-12-22)27-16-15-19-7-9-21(10-8-19)20-5-3-2-4-6-20/h7-14,18,20,26-27H,2-6,15-17H2,1H3. The van der Waals surface area contributed by atoms with Gasteiger partial charge in [0.15, 0.2) is 0 Å². The Morgan fingerprint density at radius 3 is 2.45 bits per heavy atom. The molecule has 2 N–H and O–H groups in total. The van der Waals surface area contributed by atoms with Crippen LogP contribution in [0.2, 0.25) is 0 Å². The number of thiazole rings is 1. The molecule has 4 heteroatoms. The highest BCUT2D eigenvalue weighted by Gasteiger charge is 2.15. The number of nitrogens with zero attached hydrogens (tertiary/aromatic N) is 1. The van der Waals surface area contributed by atoms with E-state index in [0.717, 1.165) is 36.1 Å². The maximum atomic E-state index is 4.68. The molecule has 152 valence electrons. The van der Waals surface area contributed by atoms with Crippen LogP contribution in [-0.4, -0.2) is 18.6 Å². The average Bonchev–Trinajstić information content (AvgIpc) is 3.24. The van der Waals surface area contributed by atoms with Gasteiger partial charge in [0.2, 0.25) is 0 Å². The van der Waals surface area contributed by atoms with E-state index in [0.29, 0.717) is 0 Å². The van der Waals surface area contributed by atoms with Crippen molar-refractivity contribution in [1.29, 1.82) is 0 Å². The summed E-state index contributed by atoms with van der Waals surface area (Å²) in [7, 11) is 1.95. The Hall–Kier alpha value is -2.17. The molecule has 1 fully saturated rings. The molecule has 1 aliphatic rings. The van der Waals surface area contributed by atoms with Crippen LogP contribution in [-0.2, 0) is 13.0 Å². The summed E-state index contributed by atoms with van der Waals surface area (Å²) < 4.78 is 0. The van der Waals surface area contributed by atoms with Gasteiger partial charge in [-0.25, -0.2) is 4.98 Å². The quantitative estimate of drug-likeness (QED) is 0.466. The molecular formula is C25H31N3S. The summed E-state index contributed by atoms with van der Waals surface area (Å²) in [5, 5.41) is 9.95. The lowest BCUT2D eigenvalue weighted by atomic mass is 9.84. The first-order valence-corrected chi connectivity index (χ1v) is 11.7. The van der Waals surface area contributed by atoms with Crippen LogP contribution in [0.3, 0.4) is 0 Å². The molecule has 3 nitrogen and oxygen atoms in total. The van der Waals surface area contributed by atoms with E-state index in [2.05, 4.69) is 69.5 Å². The van der Waals surface area contributed by atoms with Crippen LogP contribution in [0.15, 0.2) is 53.9 Å². The van der Waals surface area contributed by atoms with Crippen LogP contribution < -0.4 is 10.6 Å². The number of benzene rings is 2. The van der Waals surface area contributed by atoms with Crippen molar-refractivity contribution in [3.05, 3.63) is 70.0 Å². The molecule has 1 saturated carbocycles. The summed E-state index contributed by atoms with van der Waals surface area (Å²) >= 11 is 1.71. The molecule has 0 spiro atoms. The maximum Gasteiger partial charge on any atom is 0.107 e. The third kappa shape index (κ3) is 5.46. The normalized spacial score (nSPS) is 14.8. The lowest BCUT2D eigenvalue weighted by Crippen LogP contribution is -2.06. The first kappa shape index (κ1) is 20.1. The zero-order valence-corrected chi connectivity index (χ0v) is 18.1. The highest BCUT2D eigenvalue weighted by Crippen LogP contribution is 2.32. The highest BCUT2D eigenvalue weighted by molar-refractivity contribution is 7.09. The van der Waals surface area contributed by atoms with Crippen molar-refractivity contribution in [2.45, 2.75) is 51.0 Å². The van der Waals surface area contributed by atoms with Gasteiger partial charge in [-0.2, -0.15) is 0 Å². The first-order chi connectivity index (χ1) is 14.3. The lowest BCUT2D eigenvalue weighted by molar-refractivity contribution is 0.443. The monoisotopic (exact) mass is 405 g/mol. The van der Waals surface area contributed by atoms with Crippen LogP contribution >= 0.6 is 11.3 Å². The summed E-state index contributed by atoms with van der Waals surface area (Å²) in [6, 6.07) is 18.0. The molecule has 1 aromatic heterocycles. The van der Waals surface area contributed by atoms with E-state index in [9.17, 15) is 0 Å². The van der Waals surface area contributed by atoms with Crippen LogP contribution in [0.25, 0.3) is 11.3 Å². The first-order valence-electron chi connectivity index (χ1n) is 10.8. The van der Waals surface area contributed by atoms with Gasteiger partial charge in [-0.15, -0.1) is 11.3 Å². The number of hydrogen-bond acceptors (Lipinski definition) is 4. The van der Waals surface area contributed by atoms with E-state index in [-0.39, 0.29) is 0 Å². The SMILES string of the molecule is CNCc1nc(-c2ccc(NCCc3ccc(C4CCCCC4)cc3)cc2)cs1. The van der Waals surface area contributed by atoms with Gasteiger partial charge in [0.05, 0.1) is 5.69 Å². The molecule has 1 heterocycles. The van der Waals surface area contributed by atoms with Crippen molar-refractivity contribution in [3.63, 3.8) is 0 Å². The van der Waals surface area contributed by atoms with Crippen LogP contribution in [0, 0.1) is 0 Å². The minimum Gasteiger partial charge on any atom is -0.385 e. The second-order valence-electron chi connectivity index (χ2n) is 7.99. The number of anilines is 1. The molecule has 0 unspecified atom stereocenters. The Morgan fingerprint density at radius 2 is 1.72 bits per heavy atom. The molecule has 0 bridgehead atoms. The van der Waals surface area contributed by atoms with Crippen molar-refractivity contribution in [1.82, 2.24) is 10.3 Å². The lowest BCUT2D eigenvalue weighted by Gasteiger charge is -2.22. The van der Waals surface area contributed by atoms with E-state index in [4.69, 9.17) is 0 Å². The number of aromatic nitrogens is 1. The van der Waals surface area contributed by atoms with Crippen LogP contribution in [0.5, 0.6) is 0 Å².